The van der Waals surface area contributed by atoms with E-state index in [-0.39, 0.29) is 5.91 Å². The predicted molar refractivity (Wildman–Crippen MR) is 104 cm³/mol. The molecule has 140 valence electrons. The molecule has 0 heterocycles. The minimum absolute atomic E-state index is 0.0994. The Morgan fingerprint density at radius 3 is 1.68 bits per heavy atom. The minimum atomic E-state index is 0.0994. The Morgan fingerprint density at radius 2 is 1.27 bits per heavy atom. The molecule has 0 atom stereocenters. The van der Waals surface area contributed by atoms with E-state index in [1.54, 1.807) is 0 Å². The summed E-state index contributed by atoms with van der Waals surface area (Å²) in [5.74, 6) is 0.0994. The van der Waals surface area contributed by atoms with Crippen molar-refractivity contribution in [1.82, 2.24) is 5.32 Å². The molecule has 0 bridgehead atoms. The van der Waals surface area contributed by atoms with Crippen LogP contribution in [0.3, 0.4) is 0 Å². The average molecular weight is 322 g/mol. The Bertz CT molecular complexity index is 139. The maximum atomic E-state index is 11.1. The van der Waals surface area contributed by atoms with E-state index >= 15 is 0 Å². The smallest absolute Gasteiger partial charge is 0.222 e. The van der Waals surface area contributed by atoms with E-state index in [2.05, 4.69) is 12.2 Å². The van der Waals surface area contributed by atoms with Crippen LogP contribution in [0.5, 0.6) is 0 Å². The van der Waals surface area contributed by atoms with E-state index in [0.29, 0.717) is 13.0 Å². The third-order valence-electron chi connectivity index (χ3n) is 1.94. The van der Waals surface area contributed by atoms with Crippen LogP contribution in [0.4, 0.5) is 0 Å². The molecule has 1 N–H and O–H groups in total. The van der Waals surface area contributed by atoms with Gasteiger partial charge in [-0.15, -0.1) is 0 Å². The molecule has 0 aromatic heterocycles. The third kappa shape index (κ3) is 50.5. The van der Waals surface area contributed by atoms with Crippen LogP contribution in [-0.4, -0.2) is 25.7 Å². The Balaban J connectivity index is -0.000000103. The quantitative estimate of drug-likeness (QED) is 0.512. The van der Waals surface area contributed by atoms with Crippen molar-refractivity contribution in [2.75, 3.05) is 19.8 Å². The van der Waals surface area contributed by atoms with Gasteiger partial charge >= 0.3 is 0 Å². The number of carbonyl (C=O) groups is 1. The summed E-state index contributed by atoms with van der Waals surface area (Å²) in [5, 5.41) is 2.82. The van der Waals surface area contributed by atoms with Crippen LogP contribution in [0, 0.1) is 0 Å². The van der Waals surface area contributed by atoms with E-state index in [0.717, 1.165) is 26.0 Å². The molecule has 0 aliphatic rings. The molecule has 0 spiro atoms. The summed E-state index contributed by atoms with van der Waals surface area (Å²) in [5.41, 5.74) is 0. The summed E-state index contributed by atoms with van der Waals surface area (Å²) in [6, 6.07) is 0. The topological polar surface area (TPSA) is 38.3 Å². The van der Waals surface area contributed by atoms with E-state index < -0.39 is 0 Å². The molecule has 0 aliphatic carbocycles. The molecule has 3 nitrogen and oxygen atoms in total. The van der Waals surface area contributed by atoms with Crippen LogP contribution < -0.4 is 5.32 Å². The fourth-order valence-electron chi connectivity index (χ4n) is 1.07. The summed E-state index contributed by atoms with van der Waals surface area (Å²) in [7, 11) is 0. The molecular formula is C19H47NO2. The molecule has 22 heavy (non-hydrogen) atoms. The maximum absolute atomic E-state index is 11.1. The number of unbranched alkanes of at least 4 members (excludes halogenated alkanes) is 2. The maximum Gasteiger partial charge on any atom is 0.222 e. The van der Waals surface area contributed by atoms with Gasteiger partial charge in [-0.25, -0.2) is 0 Å². The van der Waals surface area contributed by atoms with Crippen molar-refractivity contribution in [2.45, 2.75) is 101 Å². The fourth-order valence-corrected chi connectivity index (χ4v) is 1.07. The normalized spacial score (nSPS) is 7.55. The highest BCUT2D eigenvalue weighted by molar-refractivity contribution is 5.75. The van der Waals surface area contributed by atoms with Crippen LogP contribution in [0.1, 0.15) is 101 Å². The van der Waals surface area contributed by atoms with Gasteiger partial charge in [0, 0.05) is 19.6 Å². The lowest BCUT2D eigenvalue weighted by atomic mass is 10.3. The summed E-state index contributed by atoms with van der Waals surface area (Å²) >= 11 is 0. The Hall–Kier alpha value is -0.570. The highest BCUT2D eigenvalue weighted by Gasteiger charge is 1.98. The van der Waals surface area contributed by atoms with Crippen molar-refractivity contribution in [2.24, 2.45) is 0 Å². The van der Waals surface area contributed by atoms with Crippen molar-refractivity contribution in [3.8, 4) is 0 Å². The molecule has 0 saturated heterocycles. The van der Waals surface area contributed by atoms with Crippen LogP contribution in [0.15, 0.2) is 0 Å². The van der Waals surface area contributed by atoms with Gasteiger partial charge < -0.3 is 10.1 Å². The molecule has 0 radical (unpaired) electrons. The second-order valence-corrected chi connectivity index (χ2v) is 3.42. The van der Waals surface area contributed by atoms with Gasteiger partial charge in [-0.3, -0.25) is 4.79 Å². The lowest BCUT2D eigenvalue weighted by Gasteiger charge is -2.04. The molecule has 0 aliphatic heterocycles. The van der Waals surface area contributed by atoms with Crippen LogP contribution in [0.2, 0.25) is 0 Å². The molecular weight excluding hydrogens is 274 g/mol. The van der Waals surface area contributed by atoms with Crippen LogP contribution in [-0.2, 0) is 9.53 Å². The van der Waals surface area contributed by atoms with Crippen molar-refractivity contribution in [3.63, 3.8) is 0 Å². The van der Waals surface area contributed by atoms with Gasteiger partial charge in [0.15, 0.2) is 0 Å². The molecule has 0 aromatic rings. The van der Waals surface area contributed by atoms with E-state index in [1.807, 2.05) is 62.3 Å². The molecule has 0 saturated carbocycles. The van der Waals surface area contributed by atoms with Gasteiger partial charge in [0.05, 0.1) is 6.61 Å². The summed E-state index contributed by atoms with van der Waals surface area (Å²) < 4.78 is 5.33. The zero-order chi connectivity index (χ0) is 18.6. The Morgan fingerprint density at radius 1 is 0.773 bits per heavy atom. The summed E-state index contributed by atoms with van der Waals surface area (Å²) in [4.78, 5) is 11.1. The molecule has 0 fully saturated rings. The SMILES string of the molecule is CC.CC.CC.CC.CCCCCOCCC(=O)NCCC. The molecule has 1 amide bonds. The summed E-state index contributed by atoms with van der Waals surface area (Å²) in [6.45, 7) is 22.3. The first kappa shape index (κ1) is 33.1. The molecule has 0 rings (SSSR count). The van der Waals surface area contributed by atoms with Crippen molar-refractivity contribution >= 4 is 5.91 Å². The van der Waals surface area contributed by atoms with E-state index in [4.69, 9.17) is 4.74 Å². The number of ether oxygens (including phenoxy) is 1. The van der Waals surface area contributed by atoms with Gasteiger partial charge in [-0.05, 0) is 12.8 Å². The number of hydrogen-bond donors (Lipinski definition) is 1. The monoisotopic (exact) mass is 321 g/mol. The molecule has 3 heteroatoms. The summed E-state index contributed by atoms with van der Waals surface area (Å²) in [6.07, 6.45) is 5.00. The number of rotatable bonds is 9. The zero-order valence-electron chi connectivity index (χ0n) is 17.5. The van der Waals surface area contributed by atoms with Gasteiger partial charge in [-0.1, -0.05) is 82.1 Å². The standard InChI is InChI=1S/C11H23NO2.4C2H6/c1-3-5-6-9-14-10-7-11(13)12-8-4-2;4*1-2/h3-10H2,1-2H3,(H,12,13);4*1-2H3. The highest BCUT2D eigenvalue weighted by atomic mass is 16.5. The number of nitrogens with one attached hydrogen (secondary N) is 1. The van der Waals surface area contributed by atoms with E-state index in [1.165, 1.54) is 12.8 Å². The first-order chi connectivity index (χ1) is 10.8. The zero-order valence-corrected chi connectivity index (χ0v) is 17.5. The Kier molecular flexibility index (Phi) is 75.2. The number of hydrogen-bond acceptors (Lipinski definition) is 2. The van der Waals surface area contributed by atoms with Gasteiger partial charge in [0.1, 0.15) is 0 Å². The molecule has 0 aromatic carbocycles. The highest BCUT2D eigenvalue weighted by Crippen LogP contribution is 1.94. The third-order valence-corrected chi connectivity index (χ3v) is 1.94. The van der Waals surface area contributed by atoms with Gasteiger partial charge in [0.2, 0.25) is 5.91 Å². The first-order valence-electron chi connectivity index (χ1n) is 9.65. The lowest BCUT2D eigenvalue weighted by Crippen LogP contribution is -2.25. The predicted octanol–water partition coefficient (Wildman–Crippen LogP) is 6.21. The van der Waals surface area contributed by atoms with Crippen LogP contribution >= 0.6 is 0 Å². The second-order valence-electron chi connectivity index (χ2n) is 3.42. The largest absolute Gasteiger partial charge is 0.381 e. The van der Waals surface area contributed by atoms with Crippen molar-refractivity contribution < 1.29 is 9.53 Å². The van der Waals surface area contributed by atoms with Gasteiger partial charge in [-0.2, -0.15) is 0 Å². The van der Waals surface area contributed by atoms with Crippen LogP contribution in [0.25, 0.3) is 0 Å². The fraction of sp³-hybridized carbons (Fsp3) is 0.947. The minimum Gasteiger partial charge on any atom is -0.381 e. The Labute approximate surface area is 142 Å². The molecule has 0 unspecified atom stereocenters. The second kappa shape index (κ2) is 49.9. The average Bonchev–Trinajstić information content (AvgIpc) is 2.63. The number of amides is 1. The van der Waals surface area contributed by atoms with Crippen molar-refractivity contribution in [1.29, 1.82) is 0 Å². The lowest BCUT2D eigenvalue weighted by molar-refractivity contribution is -0.122. The van der Waals surface area contributed by atoms with Gasteiger partial charge in [0.25, 0.3) is 0 Å². The number of carbonyl (C=O) groups excluding carboxylic acids is 1. The van der Waals surface area contributed by atoms with Crippen molar-refractivity contribution in [3.05, 3.63) is 0 Å². The first-order valence-corrected chi connectivity index (χ1v) is 9.65. The van der Waals surface area contributed by atoms with E-state index in [9.17, 15) is 4.79 Å².